The largest absolute Gasteiger partial charge is 3.00 e. The Bertz CT molecular complexity index is 347. The van der Waals surface area contributed by atoms with E-state index in [0.717, 1.165) is 0 Å². The molecule has 0 atom stereocenters. The molecule has 0 spiro atoms. The van der Waals surface area contributed by atoms with Gasteiger partial charge in [0.2, 0.25) is 0 Å². The van der Waals surface area contributed by atoms with Crippen molar-refractivity contribution in [2.75, 3.05) is 18.8 Å². The standard InChI is InChI=1S/3CH4O3S.Tb/c3*1-5(2,3)4;/h3*1H3,(H,2,3,4);/q;;;+3/p-3. The first-order valence-corrected chi connectivity index (χ1v) is 8.17. The monoisotopic (exact) mass is 444 g/mol. The molecule has 0 N–H and O–H groups in total. The van der Waals surface area contributed by atoms with Crippen LogP contribution in [0.15, 0.2) is 0 Å². The van der Waals surface area contributed by atoms with Crippen LogP contribution in [0.3, 0.4) is 0 Å². The van der Waals surface area contributed by atoms with E-state index in [4.69, 9.17) is 38.9 Å². The molecule has 0 aromatic heterocycles. The summed E-state index contributed by atoms with van der Waals surface area (Å²) in [5, 5.41) is 0. The molecule has 0 radical (unpaired) electrons. The van der Waals surface area contributed by atoms with E-state index in [0.29, 0.717) is 18.8 Å². The van der Waals surface area contributed by atoms with E-state index in [2.05, 4.69) is 0 Å². The van der Waals surface area contributed by atoms with Crippen LogP contribution in [0.2, 0.25) is 0 Å². The zero-order valence-electron chi connectivity index (χ0n) is 8.23. The first-order valence-electron chi connectivity index (χ1n) is 2.72. The number of hydrogen-bond acceptors (Lipinski definition) is 9. The maximum absolute atomic E-state index is 9.08. The van der Waals surface area contributed by atoms with Crippen molar-refractivity contribution in [3.63, 3.8) is 0 Å². The second-order valence-electron chi connectivity index (χ2n) is 2.11. The predicted octanol–water partition coefficient (Wildman–Crippen LogP) is -2.52. The Morgan fingerprint density at radius 1 is 0.562 bits per heavy atom. The summed E-state index contributed by atoms with van der Waals surface area (Å²) in [6, 6.07) is 0. The van der Waals surface area contributed by atoms with Gasteiger partial charge in [0, 0.05) is 18.8 Å². The maximum atomic E-state index is 9.08. The molecule has 16 heavy (non-hydrogen) atoms. The van der Waals surface area contributed by atoms with Crippen LogP contribution < -0.4 is 0 Å². The van der Waals surface area contributed by atoms with Gasteiger partial charge in [-0.25, -0.2) is 25.3 Å². The number of rotatable bonds is 0. The summed E-state index contributed by atoms with van der Waals surface area (Å²) in [6.07, 6.45) is 1.81. The van der Waals surface area contributed by atoms with Gasteiger partial charge in [-0.1, -0.05) is 0 Å². The Balaban J connectivity index is -0.0000000655. The van der Waals surface area contributed by atoms with Gasteiger partial charge in [0.15, 0.2) is 0 Å². The molecular formula is C3H9O9S3Tb. The third-order valence-corrected chi connectivity index (χ3v) is 0. The first-order chi connectivity index (χ1) is 6.00. The van der Waals surface area contributed by atoms with Crippen LogP contribution >= 0.6 is 0 Å². The second kappa shape index (κ2) is 9.99. The van der Waals surface area contributed by atoms with Gasteiger partial charge < -0.3 is 13.7 Å². The molecule has 0 amide bonds. The van der Waals surface area contributed by atoms with E-state index in [1.807, 2.05) is 0 Å². The minimum atomic E-state index is -3.92. The topological polar surface area (TPSA) is 172 Å². The third-order valence-electron chi connectivity index (χ3n) is 0. The molecule has 0 aliphatic rings. The van der Waals surface area contributed by atoms with E-state index >= 15 is 0 Å². The zero-order valence-corrected chi connectivity index (χ0v) is 12.8. The van der Waals surface area contributed by atoms with Crippen LogP contribution in [0.5, 0.6) is 0 Å². The molecule has 0 fully saturated rings. The van der Waals surface area contributed by atoms with E-state index in [1.54, 1.807) is 0 Å². The smallest absolute Gasteiger partial charge is 0.748 e. The maximum Gasteiger partial charge on any atom is 3.00 e. The molecule has 13 heteroatoms. The van der Waals surface area contributed by atoms with E-state index < -0.39 is 30.4 Å². The molecule has 0 saturated carbocycles. The molecule has 0 bridgehead atoms. The average molecular weight is 444 g/mol. The minimum absolute atomic E-state index is 0. The quantitative estimate of drug-likeness (QED) is 0.366. The molecule has 0 aliphatic carbocycles. The SMILES string of the molecule is CS(=O)(=O)[O-].CS(=O)(=O)[O-].CS(=O)(=O)[O-].[Tb+3]. The third kappa shape index (κ3) is 2860. The summed E-state index contributed by atoms with van der Waals surface area (Å²) >= 11 is 0. The summed E-state index contributed by atoms with van der Waals surface area (Å²) < 4.78 is 81.7. The van der Waals surface area contributed by atoms with Crippen LogP contribution in [-0.4, -0.2) is 57.7 Å². The van der Waals surface area contributed by atoms with E-state index in [9.17, 15) is 0 Å². The van der Waals surface area contributed by atoms with Gasteiger partial charge in [-0.3, -0.25) is 0 Å². The van der Waals surface area contributed by atoms with Crippen molar-refractivity contribution in [2.45, 2.75) is 0 Å². The van der Waals surface area contributed by atoms with Gasteiger partial charge in [0.25, 0.3) is 0 Å². The van der Waals surface area contributed by atoms with Crippen molar-refractivity contribution in [3.05, 3.63) is 0 Å². The predicted molar refractivity (Wildman–Crippen MR) is 46.9 cm³/mol. The van der Waals surface area contributed by atoms with Crippen LogP contribution in [-0.2, 0) is 30.4 Å². The summed E-state index contributed by atoms with van der Waals surface area (Å²) in [4.78, 5) is 0. The fraction of sp³-hybridized carbons (Fsp3) is 1.00. The Hall–Kier alpha value is 1.02. The fourth-order valence-corrected chi connectivity index (χ4v) is 0. The Morgan fingerprint density at radius 3 is 0.562 bits per heavy atom. The van der Waals surface area contributed by atoms with E-state index in [1.165, 1.54) is 0 Å². The molecule has 102 valence electrons. The molecule has 9 nitrogen and oxygen atoms in total. The minimum Gasteiger partial charge on any atom is -0.748 e. The summed E-state index contributed by atoms with van der Waals surface area (Å²) in [6.45, 7) is 0. The van der Waals surface area contributed by atoms with Crippen molar-refractivity contribution in [1.82, 2.24) is 0 Å². The Morgan fingerprint density at radius 2 is 0.562 bits per heavy atom. The van der Waals surface area contributed by atoms with Gasteiger partial charge >= 0.3 is 38.6 Å². The fourth-order valence-electron chi connectivity index (χ4n) is 0. The van der Waals surface area contributed by atoms with Crippen molar-refractivity contribution >= 4 is 30.4 Å². The average Bonchev–Trinajstić information content (AvgIpc) is 1.41. The molecular weight excluding hydrogens is 435 g/mol. The number of hydrogen-bond donors (Lipinski definition) is 0. The van der Waals surface area contributed by atoms with Gasteiger partial charge in [-0.2, -0.15) is 0 Å². The molecule has 0 aromatic rings. The molecule has 0 heterocycles. The second-order valence-corrected chi connectivity index (χ2v) is 6.34. The van der Waals surface area contributed by atoms with E-state index in [-0.39, 0.29) is 38.6 Å². The molecule has 0 unspecified atom stereocenters. The van der Waals surface area contributed by atoms with Crippen LogP contribution in [0, 0.1) is 38.6 Å². The first kappa shape index (κ1) is 25.8. The van der Waals surface area contributed by atoms with Crippen LogP contribution in [0.1, 0.15) is 0 Å². The Labute approximate surface area is 125 Å². The van der Waals surface area contributed by atoms with Gasteiger partial charge in [-0.05, 0) is 0 Å². The van der Waals surface area contributed by atoms with Crippen molar-refractivity contribution in [2.24, 2.45) is 0 Å². The molecule has 0 saturated heterocycles. The van der Waals surface area contributed by atoms with Gasteiger partial charge in [0.1, 0.15) is 0 Å². The van der Waals surface area contributed by atoms with Crippen molar-refractivity contribution in [1.29, 1.82) is 0 Å². The molecule has 0 aliphatic heterocycles. The molecule has 0 rings (SSSR count). The van der Waals surface area contributed by atoms with Gasteiger partial charge in [-0.15, -0.1) is 0 Å². The summed E-state index contributed by atoms with van der Waals surface area (Å²) in [5.41, 5.74) is 0. The summed E-state index contributed by atoms with van der Waals surface area (Å²) in [5.74, 6) is 0. The zero-order chi connectivity index (χ0) is 13.5. The van der Waals surface area contributed by atoms with Crippen molar-refractivity contribution in [3.8, 4) is 0 Å². The van der Waals surface area contributed by atoms with Crippen molar-refractivity contribution < 1.29 is 77.5 Å². The van der Waals surface area contributed by atoms with Crippen LogP contribution in [0.4, 0.5) is 0 Å². The summed E-state index contributed by atoms with van der Waals surface area (Å²) in [7, 11) is -11.8. The Kier molecular flexibility index (Phi) is 16.1. The van der Waals surface area contributed by atoms with Crippen LogP contribution in [0.25, 0.3) is 0 Å². The van der Waals surface area contributed by atoms with Gasteiger partial charge in [0.05, 0.1) is 30.4 Å². The normalized spacial score (nSPS) is 10.9. The molecule has 0 aromatic carbocycles.